The molecule has 0 aliphatic carbocycles. The summed E-state index contributed by atoms with van der Waals surface area (Å²) in [7, 11) is 0. The molecule has 9 heteroatoms. The summed E-state index contributed by atoms with van der Waals surface area (Å²) in [4.78, 5) is 34.1. The molecule has 0 spiro atoms. The first-order valence-corrected chi connectivity index (χ1v) is 5.76. The van der Waals surface area contributed by atoms with Crippen LogP contribution in [0.3, 0.4) is 0 Å². The molecule has 4 N–H and O–H groups in total. The molecular formula is C11H16N4O5. The molecule has 0 aromatic carbocycles. The SMILES string of the molecule is Cc1noc(C)c1CNC(=O)N(CC(N)=O)CC(=O)O. The summed E-state index contributed by atoms with van der Waals surface area (Å²) in [6.07, 6.45) is 0. The first-order chi connectivity index (χ1) is 9.31. The van der Waals surface area contributed by atoms with E-state index in [0.717, 1.165) is 4.90 Å². The van der Waals surface area contributed by atoms with E-state index in [-0.39, 0.29) is 6.54 Å². The van der Waals surface area contributed by atoms with Crippen molar-refractivity contribution in [1.82, 2.24) is 15.4 Å². The quantitative estimate of drug-likeness (QED) is 0.635. The summed E-state index contributed by atoms with van der Waals surface area (Å²) in [5.41, 5.74) is 6.30. The number of aryl methyl sites for hydroxylation is 2. The molecule has 1 rings (SSSR count). The van der Waals surface area contributed by atoms with Gasteiger partial charge in [-0.15, -0.1) is 0 Å². The molecule has 0 aliphatic heterocycles. The smallest absolute Gasteiger partial charge is 0.323 e. The Morgan fingerprint density at radius 3 is 2.45 bits per heavy atom. The van der Waals surface area contributed by atoms with Gasteiger partial charge in [-0.05, 0) is 13.8 Å². The van der Waals surface area contributed by atoms with Crippen molar-refractivity contribution >= 4 is 17.9 Å². The summed E-state index contributed by atoms with van der Waals surface area (Å²) in [5.74, 6) is -1.47. The highest BCUT2D eigenvalue weighted by Crippen LogP contribution is 2.11. The Morgan fingerprint density at radius 2 is 2.00 bits per heavy atom. The van der Waals surface area contributed by atoms with Crippen LogP contribution in [0.5, 0.6) is 0 Å². The topological polar surface area (TPSA) is 139 Å². The van der Waals surface area contributed by atoms with Crippen molar-refractivity contribution in [2.75, 3.05) is 13.1 Å². The van der Waals surface area contributed by atoms with E-state index in [4.69, 9.17) is 15.4 Å². The molecule has 0 aliphatic rings. The third-order valence-corrected chi connectivity index (χ3v) is 2.56. The second-order valence-corrected chi connectivity index (χ2v) is 4.18. The number of carboxylic acids is 1. The number of urea groups is 1. The van der Waals surface area contributed by atoms with E-state index in [9.17, 15) is 14.4 Å². The standard InChI is InChI=1S/C11H16N4O5/c1-6-8(7(2)20-14-6)3-13-11(19)15(4-9(12)16)5-10(17)18/h3-5H2,1-2H3,(H2,12,16)(H,13,19)(H,17,18). The molecule has 0 radical (unpaired) electrons. The van der Waals surface area contributed by atoms with Crippen LogP contribution in [0.2, 0.25) is 0 Å². The van der Waals surface area contributed by atoms with Crippen molar-refractivity contribution < 1.29 is 24.0 Å². The molecule has 0 saturated carbocycles. The Hall–Kier alpha value is -2.58. The zero-order valence-corrected chi connectivity index (χ0v) is 11.2. The second-order valence-electron chi connectivity index (χ2n) is 4.18. The van der Waals surface area contributed by atoms with Crippen LogP contribution < -0.4 is 11.1 Å². The first kappa shape index (κ1) is 15.5. The van der Waals surface area contributed by atoms with E-state index >= 15 is 0 Å². The maximum absolute atomic E-state index is 11.8. The largest absolute Gasteiger partial charge is 0.480 e. The molecule has 20 heavy (non-hydrogen) atoms. The van der Waals surface area contributed by atoms with Crippen LogP contribution in [-0.2, 0) is 16.1 Å². The average molecular weight is 284 g/mol. The van der Waals surface area contributed by atoms with E-state index < -0.39 is 31.0 Å². The zero-order chi connectivity index (χ0) is 15.3. The van der Waals surface area contributed by atoms with Crippen LogP contribution in [0.25, 0.3) is 0 Å². The van der Waals surface area contributed by atoms with Gasteiger partial charge in [-0.2, -0.15) is 0 Å². The van der Waals surface area contributed by atoms with Gasteiger partial charge in [0.15, 0.2) is 0 Å². The molecule has 1 aromatic heterocycles. The van der Waals surface area contributed by atoms with Crippen molar-refractivity contribution in [2.45, 2.75) is 20.4 Å². The molecule has 110 valence electrons. The number of aromatic nitrogens is 1. The summed E-state index contributed by atoms with van der Waals surface area (Å²) < 4.78 is 4.93. The number of hydrogen-bond acceptors (Lipinski definition) is 5. The van der Waals surface area contributed by atoms with Gasteiger partial charge in [0.1, 0.15) is 18.8 Å². The van der Waals surface area contributed by atoms with Gasteiger partial charge in [-0.3, -0.25) is 9.59 Å². The van der Waals surface area contributed by atoms with Gasteiger partial charge < -0.3 is 25.6 Å². The maximum atomic E-state index is 11.8. The van der Waals surface area contributed by atoms with Gasteiger partial charge in [0.25, 0.3) is 0 Å². The summed E-state index contributed by atoms with van der Waals surface area (Å²) in [6, 6.07) is -0.703. The van der Waals surface area contributed by atoms with E-state index in [0.29, 0.717) is 17.0 Å². The van der Waals surface area contributed by atoms with Gasteiger partial charge in [0.05, 0.1) is 5.69 Å². The number of rotatable bonds is 6. The van der Waals surface area contributed by atoms with Crippen LogP contribution in [0.15, 0.2) is 4.52 Å². The fraction of sp³-hybridized carbons (Fsp3) is 0.455. The number of amides is 3. The number of carbonyl (C=O) groups is 3. The Labute approximate surface area is 114 Å². The van der Waals surface area contributed by atoms with Crippen molar-refractivity contribution in [3.8, 4) is 0 Å². The number of carboxylic acid groups (broad SMARTS) is 1. The molecule has 1 aromatic rings. The molecule has 0 unspecified atom stereocenters. The van der Waals surface area contributed by atoms with Crippen LogP contribution in [0.1, 0.15) is 17.0 Å². The van der Waals surface area contributed by atoms with Crippen molar-refractivity contribution in [2.24, 2.45) is 5.73 Å². The Morgan fingerprint density at radius 1 is 1.35 bits per heavy atom. The van der Waals surface area contributed by atoms with Gasteiger partial charge in [-0.1, -0.05) is 5.16 Å². The Kier molecular flexibility index (Phi) is 5.07. The number of nitrogens with two attached hydrogens (primary N) is 1. The molecule has 9 nitrogen and oxygen atoms in total. The molecule has 0 saturated heterocycles. The fourth-order valence-electron chi connectivity index (χ4n) is 1.58. The zero-order valence-electron chi connectivity index (χ0n) is 11.2. The minimum absolute atomic E-state index is 0.120. The lowest BCUT2D eigenvalue weighted by Gasteiger charge is -2.19. The predicted molar refractivity (Wildman–Crippen MR) is 66.6 cm³/mol. The second kappa shape index (κ2) is 6.55. The summed E-state index contributed by atoms with van der Waals surface area (Å²) in [6.45, 7) is 2.45. The number of carbonyl (C=O) groups excluding carboxylic acids is 2. The fourth-order valence-corrected chi connectivity index (χ4v) is 1.58. The van der Waals surface area contributed by atoms with Crippen LogP contribution in [-0.4, -0.2) is 46.2 Å². The third-order valence-electron chi connectivity index (χ3n) is 2.56. The minimum atomic E-state index is -1.24. The highest BCUT2D eigenvalue weighted by Gasteiger charge is 2.19. The predicted octanol–water partition coefficient (Wildman–Crippen LogP) is -0.627. The number of hydrogen-bond donors (Lipinski definition) is 3. The summed E-state index contributed by atoms with van der Waals surface area (Å²) >= 11 is 0. The van der Waals surface area contributed by atoms with Crippen molar-refractivity contribution in [1.29, 1.82) is 0 Å². The molecule has 0 atom stereocenters. The highest BCUT2D eigenvalue weighted by atomic mass is 16.5. The molecule has 1 heterocycles. The van der Waals surface area contributed by atoms with Gasteiger partial charge in [-0.25, -0.2) is 4.79 Å². The third kappa shape index (κ3) is 4.26. The number of primary amides is 1. The average Bonchev–Trinajstić information content (AvgIpc) is 2.64. The van der Waals surface area contributed by atoms with Crippen LogP contribution in [0, 0.1) is 13.8 Å². The van der Waals surface area contributed by atoms with Crippen LogP contribution >= 0.6 is 0 Å². The number of aliphatic carboxylic acids is 1. The highest BCUT2D eigenvalue weighted by molar-refractivity contribution is 5.85. The van der Waals surface area contributed by atoms with E-state index in [1.54, 1.807) is 13.8 Å². The number of nitrogens with zero attached hydrogens (tertiary/aromatic N) is 2. The van der Waals surface area contributed by atoms with E-state index in [1.807, 2.05) is 0 Å². The molecule has 3 amide bonds. The lowest BCUT2D eigenvalue weighted by atomic mass is 10.2. The van der Waals surface area contributed by atoms with Gasteiger partial charge in [0, 0.05) is 12.1 Å². The normalized spacial score (nSPS) is 10.1. The van der Waals surface area contributed by atoms with Crippen molar-refractivity contribution in [3.05, 3.63) is 17.0 Å². The maximum Gasteiger partial charge on any atom is 0.323 e. The van der Waals surface area contributed by atoms with Crippen molar-refractivity contribution in [3.63, 3.8) is 0 Å². The Balaban J connectivity index is 2.66. The molecule has 0 fully saturated rings. The molecule has 0 bridgehead atoms. The molecular weight excluding hydrogens is 268 g/mol. The van der Waals surface area contributed by atoms with E-state index in [2.05, 4.69) is 10.5 Å². The summed E-state index contributed by atoms with van der Waals surface area (Å²) in [5, 5.41) is 14.9. The van der Waals surface area contributed by atoms with Gasteiger partial charge in [0.2, 0.25) is 5.91 Å². The van der Waals surface area contributed by atoms with Crippen LogP contribution in [0.4, 0.5) is 4.79 Å². The lowest BCUT2D eigenvalue weighted by Crippen LogP contribution is -2.46. The van der Waals surface area contributed by atoms with Gasteiger partial charge >= 0.3 is 12.0 Å². The van der Waals surface area contributed by atoms with E-state index in [1.165, 1.54) is 0 Å². The Bertz CT molecular complexity index is 489. The first-order valence-electron chi connectivity index (χ1n) is 5.76. The monoisotopic (exact) mass is 284 g/mol. The lowest BCUT2D eigenvalue weighted by molar-refractivity contribution is -0.137. The number of nitrogens with one attached hydrogen (secondary N) is 1. The minimum Gasteiger partial charge on any atom is -0.480 e.